The second kappa shape index (κ2) is 10.1. The Labute approximate surface area is 201 Å². The summed E-state index contributed by atoms with van der Waals surface area (Å²) in [6, 6.07) is 13.1. The van der Waals surface area contributed by atoms with E-state index in [2.05, 4.69) is 57.3 Å². The largest absolute Gasteiger partial charge is 0.341 e. The summed E-state index contributed by atoms with van der Waals surface area (Å²) in [7, 11) is 0. The Morgan fingerprint density at radius 3 is 2.52 bits per heavy atom. The molecule has 0 radical (unpaired) electrons. The van der Waals surface area contributed by atoms with E-state index in [9.17, 15) is 0 Å². The first-order chi connectivity index (χ1) is 16.2. The fourth-order valence-corrected chi connectivity index (χ4v) is 6.09. The molecule has 5 rings (SSSR count). The number of nitriles is 1. The Morgan fingerprint density at radius 2 is 1.82 bits per heavy atom. The summed E-state index contributed by atoms with van der Waals surface area (Å²) < 4.78 is 3.39. The zero-order valence-electron chi connectivity index (χ0n) is 19.2. The Kier molecular flexibility index (Phi) is 6.75. The van der Waals surface area contributed by atoms with Crippen LogP contribution in [0, 0.1) is 11.3 Å². The number of hydrogen-bond donors (Lipinski definition) is 2. The van der Waals surface area contributed by atoms with Crippen LogP contribution in [0.2, 0.25) is 0 Å². The standard InChI is InChI=1S/C28H32N4S/c1-20(30-28-26-8-2-5-23(26)17-24-6-3-9-27(24)28)31-33-16-14-25-7-4-15-32(25)19-22-12-10-21(18-29)11-13-22/h10-14,16-17,25,30-31H,1-9,15,19H2/b16-14+. The summed E-state index contributed by atoms with van der Waals surface area (Å²) in [5, 5.41) is 14.8. The average Bonchev–Trinajstić information content (AvgIpc) is 3.58. The van der Waals surface area contributed by atoms with Crippen molar-refractivity contribution in [2.24, 2.45) is 0 Å². The number of anilines is 1. The van der Waals surface area contributed by atoms with Crippen molar-refractivity contribution in [3.8, 4) is 6.07 Å². The van der Waals surface area contributed by atoms with Gasteiger partial charge >= 0.3 is 0 Å². The van der Waals surface area contributed by atoms with Crippen LogP contribution in [0.25, 0.3) is 0 Å². The average molecular weight is 457 g/mol. The van der Waals surface area contributed by atoms with Crippen LogP contribution in [0.5, 0.6) is 0 Å². The summed E-state index contributed by atoms with van der Waals surface area (Å²) in [5.74, 6) is 0.861. The van der Waals surface area contributed by atoms with Gasteiger partial charge in [-0.3, -0.25) is 4.90 Å². The summed E-state index contributed by atoms with van der Waals surface area (Å²) in [5.41, 5.74) is 9.44. The van der Waals surface area contributed by atoms with Gasteiger partial charge in [0.15, 0.2) is 0 Å². The molecule has 0 amide bonds. The Morgan fingerprint density at radius 1 is 1.09 bits per heavy atom. The first-order valence-electron chi connectivity index (χ1n) is 12.1. The van der Waals surface area contributed by atoms with Crippen LogP contribution in [-0.2, 0) is 32.2 Å². The van der Waals surface area contributed by atoms with Crippen molar-refractivity contribution >= 4 is 17.6 Å². The summed E-state index contributed by atoms with van der Waals surface area (Å²) in [6.07, 6.45) is 12.1. The summed E-state index contributed by atoms with van der Waals surface area (Å²) in [6.45, 7) is 6.29. The van der Waals surface area contributed by atoms with E-state index in [0.717, 1.165) is 24.5 Å². The molecule has 3 aliphatic rings. The van der Waals surface area contributed by atoms with Gasteiger partial charge in [-0.2, -0.15) is 5.26 Å². The highest BCUT2D eigenvalue weighted by Gasteiger charge is 2.24. The number of nitrogens with one attached hydrogen (secondary N) is 2. The third-order valence-corrected chi connectivity index (χ3v) is 7.84. The van der Waals surface area contributed by atoms with Crippen LogP contribution in [-0.4, -0.2) is 17.5 Å². The minimum Gasteiger partial charge on any atom is -0.341 e. The van der Waals surface area contributed by atoms with Gasteiger partial charge in [0.2, 0.25) is 0 Å². The smallest absolute Gasteiger partial charge is 0.106 e. The van der Waals surface area contributed by atoms with Crippen molar-refractivity contribution in [1.82, 2.24) is 9.62 Å². The SMILES string of the molecule is C=C(NS/C=C/C1CCCN1Cc1ccc(C#N)cc1)Nc1c2c(cc3c1CCC3)CCC2. The molecule has 2 aromatic rings. The maximum atomic E-state index is 8.99. The van der Waals surface area contributed by atoms with Crippen molar-refractivity contribution in [3.63, 3.8) is 0 Å². The third-order valence-electron chi connectivity index (χ3n) is 7.18. The van der Waals surface area contributed by atoms with Crippen LogP contribution < -0.4 is 10.0 Å². The van der Waals surface area contributed by atoms with Crippen molar-refractivity contribution < 1.29 is 0 Å². The van der Waals surface area contributed by atoms with Gasteiger partial charge in [-0.1, -0.05) is 30.9 Å². The maximum Gasteiger partial charge on any atom is 0.106 e. The molecule has 1 fully saturated rings. The van der Waals surface area contributed by atoms with Crippen LogP contribution in [0.4, 0.5) is 5.69 Å². The van der Waals surface area contributed by atoms with Crippen LogP contribution in [0.3, 0.4) is 0 Å². The summed E-state index contributed by atoms with van der Waals surface area (Å²) in [4.78, 5) is 2.52. The van der Waals surface area contributed by atoms with E-state index < -0.39 is 0 Å². The lowest BCUT2D eigenvalue weighted by molar-refractivity contribution is 0.282. The van der Waals surface area contributed by atoms with Crippen molar-refractivity contribution in [1.29, 1.82) is 5.26 Å². The number of rotatable bonds is 8. The topological polar surface area (TPSA) is 51.1 Å². The molecule has 0 aromatic heterocycles. The van der Waals surface area contributed by atoms with Crippen LogP contribution in [0.15, 0.2) is 54.2 Å². The van der Waals surface area contributed by atoms with E-state index >= 15 is 0 Å². The summed E-state index contributed by atoms with van der Waals surface area (Å²) >= 11 is 1.59. The van der Waals surface area contributed by atoms with Crippen LogP contribution in [0.1, 0.15) is 59.1 Å². The highest BCUT2D eigenvalue weighted by Crippen LogP contribution is 2.39. The molecule has 2 aromatic carbocycles. The monoisotopic (exact) mass is 456 g/mol. The Hall–Kier alpha value is -2.68. The lowest BCUT2D eigenvalue weighted by Gasteiger charge is -2.22. The van der Waals surface area contributed by atoms with E-state index in [1.807, 2.05) is 12.1 Å². The van der Waals surface area contributed by atoms with Gasteiger partial charge in [-0.05, 0) is 115 Å². The molecule has 2 N–H and O–H groups in total. The molecule has 1 unspecified atom stereocenters. The zero-order valence-corrected chi connectivity index (χ0v) is 20.0. The molecule has 0 bridgehead atoms. The minimum absolute atomic E-state index is 0.455. The first kappa shape index (κ1) is 22.1. The van der Waals surface area contributed by atoms with Gasteiger partial charge in [-0.25, -0.2) is 0 Å². The second-order valence-electron chi connectivity index (χ2n) is 9.37. The number of fused-ring (bicyclic) bond motifs is 2. The molecular formula is C28H32N4S. The number of aryl methyl sites for hydroxylation is 2. The quantitative estimate of drug-likeness (QED) is 0.489. The molecule has 0 saturated carbocycles. The molecule has 170 valence electrons. The van der Waals surface area contributed by atoms with Gasteiger partial charge in [0.1, 0.15) is 5.82 Å². The molecule has 5 heteroatoms. The van der Waals surface area contributed by atoms with E-state index in [1.165, 1.54) is 73.7 Å². The molecule has 33 heavy (non-hydrogen) atoms. The molecule has 1 aliphatic heterocycles. The highest BCUT2D eigenvalue weighted by molar-refractivity contribution is 8.00. The second-order valence-corrected chi connectivity index (χ2v) is 10.1. The highest BCUT2D eigenvalue weighted by atomic mass is 32.2. The number of nitrogens with zero attached hydrogens (tertiary/aromatic N) is 2. The van der Waals surface area contributed by atoms with E-state index in [4.69, 9.17) is 5.26 Å². The lowest BCUT2D eigenvalue weighted by Crippen LogP contribution is -2.27. The van der Waals surface area contributed by atoms with Gasteiger partial charge in [0, 0.05) is 18.3 Å². The molecule has 1 saturated heterocycles. The van der Waals surface area contributed by atoms with E-state index in [-0.39, 0.29) is 0 Å². The van der Waals surface area contributed by atoms with Crippen LogP contribution >= 0.6 is 11.9 Å². The Bertz CT molecular complexity index is 1060. The fourth-order valence-electron chi connectivity index (χ4n) is 5.56. The van der Waals surface area contributed by atoms with Crippen molar-refractivity contribution in [2.75, 3.05) is 11.9 Å². The predicted molar refractivity (Wildman–Crippen MR) is 138 cm³/mol. The van der Waals surface area contributed by atoms with Gasteiger partial charge in [0.05, 0.1) is 11.6 Å². The molecule has 2 aliphatic carbocycles. The minimum atomic E-state index is 0.455. The first-order valence-corrected chi connectivity index (χ1v) is 13.0. The molecule has 0 spiro atoms. The lowest BCUT2D eigenvalue weighted by atomic mass is 9.99. The Balaban J connectivity index is 1.14. The number of hydrogen-bond acceptors (Lipinski definition) is 5. The molecule has 1 heterocycles. The normalized spacial score (nSPS) is 19.4. The van der Waals surface area contributed by atoms with Gasteiger partial charge in [-0.15, -0.1) is 0 Å². The zero-order chi connectivity index (χ0) is 22.6. The molecular weight excluding hydrogens is 424 g/mol. The molecule has 4 nitrogen and oxygen atoms in total. The molecule has 1 atom stereocenters. The predicted octanol–water partition coefficient (Wildman–Crippen LogP) is 5.83. The van der Waals surface area contributed by atoms with Gasteiger partial charge < -0.3 is 10.0 Å². The van der Waals surface area contributed by atoms with E-state index in [1.54, 1.807) is 23.1 Å². The third kappa shape index (κ3) is 4.98. The van der Waals surface area contributed by atoms with E-state index in [0.29, 0.717) is 6.04 Å². The number of benzene rings is 2. The van der Waals surface area contributed by atoms with Crippen molar-refractivity contribution in [3.05, 3.63) is 87.6 Å². The van der Waals surface area contributed by atoms with Crippen molar-refractivity contribution in [2.45, 2.75) is 64.0 Å². The fraction of sp³-hybridized carbons (Fsp3) is 0.393. The van der Waals surface area contributed by atoms with Gasteiger partial charge in [0.25, 0.3) is 0 Å². The number of likely N-dealkylation sites (tertiary alicyclic amines) is 1. The maximum absolute atomic E-state index is 8.99.